The third-order valence-electron chi connectivity index (χ3n) is 25.9. The maximum absolute atomic E-state index is 18.9. The highest BCUT2D eigenvalue weighted by Crippen LogP contribution is 2.62. The lowest BCUT2D eigenvalue weighted by Crippen LogP contribution is -2.36. The Morgan fingerprint density at radius 3 is 0.886 bits per heavy atom. The Bertz CT molecular complexity index is 4270. The average molecular weight is 1680 g/mol. The van der Waals surface area contributed by atoms with Crippen LogP contribution in [0, 0.1) is 94.3 Å². The molecule has 0 N–H and O–H groups in total. The fourth-order valence-electron chi connectivity index (χ4n) is 18.4. The number of hydrogen-bond donors (Lipinski definition) is 0. The van der Waals surface area contributed by atoms with Crippen LogP contribution < -0.4 is 9.47 Å². The zero-order valence-corrected chi connectivity index (χ0v) is 79.3. The molecule has 8 atom stereocenters. The van der Waals surface area contributed by atoms with E-state index in [0.29, 0.717) is 114 Å². The lowest BCUT2D eigenvalue weighted by molar-refractivity contribution is 0.0321. The first-order chi connectivity index (χ1) is 54.0. The number of nitrogens with zero attached hydrogens (tertiary/aromatic N) is 4. The molecule has 2 aromatic carbocycles. The second kappa shape index (κ2) is 41.2. The molecule has 114 heavy (non-hydrogen) atoms. The molecule has 2 aliphatic rings. The summed E-state index contributed by atoms with van der Waals surface area (Å²) in [5.74, 6) is 5.09. The van der Waals surface area contributed by atoms with Crippen molar-refractivity contribution in [1.82, 2.24) is 17.5 Å². The van der Waals surface area contributed by atoms with E-state index in [1.54, 1.807) is 22.7 Å². The van der Waals surface area contributed by atoms with Crippen molar-refractivity contribution >= 4 is 90.9 Å². The van der Waals surface area contributed by atoms with Crippen LogP contribution in [-0.4, -0.2) is 17.5 Å². The molecule has 0 amide bonds. The number of benzene rings is 2. The highest BCUT2D eigenvalue weighted by Gasteiger charge is 2.48. The van der Waals surface area contributed by atoms with Crippen LogP contribution in [0.15, 0.2) is 24.3 Å². The van der Waals surface area contributed by atoms with Crippen molar-refractivity contribution in [3.63, 3.8) is 0 Å². The van der Waals surface area contributed by atoms with E-state index in [1.807, 2.05) is 26.8 Å². The lowest BCUT2D eigenvalue weighted by atomic mass is 9.78. The van der Waals surface area contributed by atoms with Gasteiger partial charge in [-0.05, 0) is 157 Å². The fourth-order valence-corrected chi connectivity index (χ4v) is 24.6. The van der Waals surface area contributed by atoms with Gasteiger partial charge < -0.3 is 9.47 Å². The zero-order chi connectivity index (χ0) is 82.7. The summed E-state index contributed by atoms with van der Waals surface area (Å²) < 4.78 is 107. The van der Waals surface area contributed by atoms with Gasteiger partial charge in [0.15, 0.2) is 23.3 Å². The SMILES string of the molecule is CC(C)CCCC(C)CCCC(C)CCC1(CCC(C)CCCC(C)CCCC(C)C)Oc2cc(-c3c(F)c(F)c(C(C)(C)C)c4nsnc34)sc2-c2sc(-c3c(F)c(F)c(-c4cc5c(s4)-c4sc(C(C)(C)C)cc4OC5(CCC(C)CCCC(C)CCCC(C)C)CCC(C)CCCC(C)CCCC(C)C)c4nsnc34)cc21. The van der Waals surface area contributed by atoms with E-state index < -0.39 is 39.9 Å². The molecule has 8 unspecified atom stereocenters. The molecule has 16 heteroatoms. The van der Waals surface area contributed by atoms with Gasteiger partial charge in [-0.25, -0.2) is 17.6 Å². The largest absolute Gasteiger partial charge is 0.481 e. The van der Waals surface area contributed by atoms with Crippen molar-refractivity contribution in [2.45, 2.75) is 380 Å². The van der Waals surface area contributed by atoms with Crippen molar-refractivity contribution in [1.29, 1.82) is 0 Å². The number of halogens is 4. The Labute approximate surface area is 712 Å². The lowest BCUT2D eigenvalue weighted by Gasteiger charge is -2.39. The van der Waals surface area contributed by atoms with Gasteiger partial charge in [-0.15, -0.1) is 45.3 Å². The summed E-state index contributed by atoms with van der Waals surface area (Å²) in [4.78, 5) is 6.66. The van der Waals surface area contributed by atoms with Gasteiger partial charge in [-0.2, -0.15) is 17.5 Å². The van der Waals surface area contributed by atoms with Gasteiger partial charge in [0.2, 0.25) is 0 Å². The van der Waals surface area contributed by atoms with Crippen molar-refractivity contribution in [2.24, 2.45) is 71.0 Å². The molecule has 10 rings (SSSR count). The Kier molecular flexibility index (Phi) is 33.4. The first-order valence-electron chi connectivity index (χ1n) is 45.2. The Morgan fingerprint density at radius 1 is 0.307 bits per heavy atom. The van der Waals surface area contributed by atoms with Gasteiger partial charge in [0, 0.05) is 36.2 Å². The van der Waals surface area contributed by atoms with Crippen LogP contribution in [0.4, 0.5) is 17.6 Å². The van der Waals surface area contributed by atoms with Crippen LogP contribution in [0.3, 0.4) is 0 Å². The Morgan fingerprint density at radius 2 is 0.570 bits per heavy atom. The van der Waals surface area contributed by atoms with Gasteiger partial charge >= 0.3 is 0 Å². The molecule has 0 saturated heterocycles. The molecule has 6 nitrogen and oxygen atoms in total. The number of ether oxygens (including phenoxy) is 2. The topological polar surface area (TPSA) is 70.0 Å². The number of thiophene rings is 4. The minimum absolute atomic E-state index is 0.0638. The summed E-state index contributed by atoms with van der Waals surface area (Å²) in [5.41, 5.74) is 1.36. The molecule has 0 bridgehead atoms. The number of hydrogen-bond acceptors (Lipinski definition) is 12. The van der Waals surface area contributed by atoms with E-state index >= 15 is 17.6 Å². The summed E-state index contributed by atoms with van der Waals surface area (Å²) in [5, 5.41) is 0. The van der Waals surface area contributed by atoms with Crippen molar-refractivity contribution in [3.8, 4) is 62.3 Å². The van der Waals surface area contributed by atoms with E-state index in [0.717, 1.165) is 149 Å². The van der Waals surface area contributed by atoms with E-state index in [2.05, 4.69) is 154 Å². The first kappa shape index (κ1) is 92.5. The molecule has 0 aliphatic carbocycles. The number of rotatable bonds is 47. The van der Waals surface area contributed by atoms with Crippen LogP contribution in [0.1, 0.15) is 379 Å². The summed E-state index contributed by atoms with van der Waals surface area (Å²) in [6.45, 7) is 50.4. The molecule has 6 aromatic heterocycles. The molecule has 0 fully saturated rings. The summed E-state index contributed by atoms with van der Waals surface area (Å²) in [6.07, 6.45) is 36.2. The fraction of sp³-hybridized carbons (Fsp3) is 0.714. The minimum Gasteiger partial charge on any atom is -0.481 e. The molecule has 0 radical (unpaired) electrons. The second-order valence-electron chi connectivity index (χ2n) is 40.7. The van der Waals surface area contributed by atoms with Crippen LogP contribution >= 0.6 is 68.8 Å². The van der Waals surface area contributed by atoms with Crippen molar-refractivity contribution in [2.75, 3.05) is 0 Å². The highest BCUT2D eigenvalue weighted by atomic mass is 32.1. The number of fused-ring (bicyclic) bond motifs is 8. The molecular weight excluding hydrogens is 1530 g/mol. The molecule has 634 valence electrons. The van der Waals surface area contributed by atoms with E-state index in [9.17, 15) is 0 Å². The van der Waals surface area contributed by atoms with Gasteiger partial charge in [0.1, 0.15) is 44.8 Å². The van der Waals surface area contributed by atoms with Gasteiger partial charge in [-0.1, -0.05) is 306 Å². The molecule has 0 spiro atoms. The Balaban J connectivity index is 1.07. The normalized spacial score (nSPS) is 18.1. The van der Waals surface area contributed by atoms with E-state index in [-0.39, 0.29) is 27.7 Å². The summed E-state index contributed by atoms with van der Waals surface area (Å²) in [6, 6.07) is 8.47. The average Bonchev–Trinajstić information content (AvgIpc) is 1.56. The first-order valence-corrected chi connectivity index (χ1v) is 49.9. The molecule has 8 aromatic rings. The monoisotopic (exact) mass is 1680 g/mol. The van der Waals surface area contributed by atoms with Crippen molar-refractivity contribution < 1.29 is 27.0 Å². The van der Waals surface area contributed by atoms with Gasteiger partial charge in [0.05, 0.1) is 59.7 Å². The standard InChI is InChI=1S/C98H146F4N4O2S6/c1-59(2)31-23-35-63(9)39-27-43-67(13)47-51-97(52-48-68(14)44-28-40-64(10)36-24-32-60(3)4)71-55-75(109-91(71)93-73(107-97)57-77(111-93)81-85(101)86(102)82(96(20,21)22)90-89(81)105-114-106-90)79-83(99)84(100)80(88-87(79)103-113-104-88)76-56-72-92(110-76)94-74(58-78(112-94)95(17,18)19)108-98(72,53-49-69(15)45-29-41-65(11)37-25-33-61(5)6)54-50-70(16)46-30-42-66(12)38-26-34-62(7)8/h55-70H,23-54H2,1-22H3. The smallest absolute Gasteiger partial charge is 0.170 e. The van der Waals surface area contributed by atoms with E-state index in [1.165, 1.54) is 143 Å². The predicted molar refractivity (Wildman–Crippen MR) is 489 cm³/mol. The van der Waals surface area contributed by atoms with Crippen LogP contribution in [0.2, 0.25) is 0 Å². The third-order valence-corrected chi connectivity index (χ3v) is 32.3. The molecular formula is C98H146F4N4O2S6. The molecule has 2 aliphatic heterocycles. The van der Waals surface area contributed by atoms with Gasteiger partial charge in [-0.3, -0.25) is 0 Å². The maximum Gasteiger partial charge on any atom is 0.170 e. The minimum atomic E-state index is -0.962. The molecule has 8 heterocycles. The quantitative estimate of drug-likeness (QED) is 0.0354. The van der Waals surface area contributed by atoms with Crippen LogP contribution in [0.25, 0.3) is 72.9 Å². The van der Waals surface area contributed by atoms with Crippen LogP contribution in [0.5, 0.6) is 11.5 Å². The van der Waals surface area contributed by atoms with Crippen LogP contribution in [-0.2, 0) is 22.0 Å². The van der Waals surface area contributed by atoms with Crippen molar-refractivity contribution in [3.05, 3.63) is 69.1 Å². The maximum atomic E-state index is 18.9. The van der Waals surface area contributed by atoms with E-state index in [4.69, 9.17) is 22.6 Å². The summed E-state index contributed by atoms with van der Waals surface area (Å²) in [7, 11) is 0. The number of aromatic nitrogens is 4. The third kappa shape index (κ3) is 23.5. The highest BCUT2D eigenvalue weighted by molar-refractivity contribution is 7.26. The zero-order valence-electron chi connectivity index (χ0n) is 74.4. The Hall–Kier alpha value is -3.80. The van der Waals surface area contributed by atoms with Gasteiger partial charge in [0.25, 0.3) is 0 Å². The predicted octanol–water partition coefficient (Wildman–Crippen LogP) is 34.8. The molecule has 0 saturated carbocycles. The summed E-state index contributed by atoms with van der Waals surface area (Å²) >= 11 is 8.07. The second-order valence-corrected chi connectivity index (χ2v) is 46.0.